The van der Waals surface area contributed by atoms with Crippen molar-refractivity contribution < 1.29 is 0 Å². The number of anilines is 3. The van der Waals surface area contributed by atoms with Crippen LogP contribution in [0.4, 0.5) is 17.5 Å². The number of aryl methyl sites for hydroxylation is 1. The minimum absolute atomic E-state index is 0.579. The van der Waals surface area contributed by atoms with Gasteiger partial charge in [-0.15, -0.1) is 0 Å². The molecule has 6 heteroatoms. The quantitative estimate of drug-likeness (QED) is 0.777. The largest absolute Gasteiger partial charge is 0.338 e. The molecule has 0 unspecified atom stereocenters. The fourth-order valence-corrected chi connectivity index (χ4v) is 4.25. The van der Waals surface area contributed by atoms with Gasteiger partial charge in [-0.05, 0) is 56.2 Å². The third-order valence-corrected chi connectivity index (χ3v) is 5.61. The van der Waals surface area contributed by atoms with E-state index in [9.17, 15) is 0 Å². The van der Waals surface area contributed by atoms with Crippen molar-refractivity contribution in [2.24, 2.45) is 5.92 Å². The zero-order chi connectivity index (χ0) is 17.5. The van der Waals surface area contributed by atoms with Gasteiger partial charge in [0, 0.05) is 18.3 Å². The van der Waals surface area contributed by atoms with E-state index in [2.05, 4.69) is 44.2 Å². The molecule has 2 aromatic heterocycles. The molecule has 2 bridgehead atoms. The highest BCUT2D eigenvalue weighted by atomic mass is 15.3. The van der Waals surface area contributed by atoms with E-state index in [-0.39, 0.29) is 0 Å². The predicted molar refractivity (Wildman–Crippen MR) is 103 cm³/mol. The number of nitrogens with zero attached hydrogens (tertiary/aromatic N) is 5. The average molecular weight is 346 g/mol. The Labute approximate surface area is 152 Å². The maximum atomic E-state index is 4.86. The van der Waals surface area contributed by atoms with Gasteiger partial charge in [-0.3, -0.25) is 0 Å². The molecule has 0 spiro atoms. The minimum Gasteiger partial charge on any atom is -0.338 e. The summed E-state index contributed by atoms with van der Waals surface area (Å²) in [6.07, 6.45) is 8.59. The van der Waals surface area contributed by atoms with Crippen LogP contribution >= 0.6 is 0 Å². The molecule has 4 heterocycles. The van der Waals surface area contributed by atoms with Crippen LogP contribution in [0, 0.1) is 12.8 Å². The predicted octanol–water partition coefficient (Wildman–Crippen LogP) is 3.85. The van der Waals surface area contributed by atoms with Crippen LogP contribution in [0.2, 0.25) is 0 Å². The highest BCUT2D eigenvalue weighted by Gasteiger charge is 2.35. The summed E-state index contributed by atoms with van der Waals surface area (Å²) >= 11 is 0. The SMILES string of the molecule is Cc1cccc(Nc2ncnc3cnc(N4CC5CCC4CC5)nc23)c1. The lowest BCUT2D eigenvalue weighted by atomic mass is 9.80. The third kappa shape index (κ3) is 2.75. The lowest BCUT2D eigenvalue weighted by Crippen LogP contribution is -2.48. The second kappa shape index (κ2) is 6.20. The van der Waals surface area contributed by atoms with Gasteiger partial charge in [0.2, 0.25) is 5.95 Å². The van der Waals surface area contributed by atoms with Crippen LogP contribution < -0.4 is 10.2 Å². The van der Waals surface area contributed by atoms with Crippen LogP contribution in [0.15, 0.2) is 36.8 Å². The molecule has 6 rings (SSSR count). The molecule has 132 valence electrons. The summed E-state index contributed by atoms with van der Waals surface area (Å²) in [6.45, 7) is 3.15. The van der Waals surface area contributed by atoms with Crippen LogP contribution in [-0.4, -0.2) is 32.5 Å². The Kier molecular flexibility index (Phi) is 3.69. The zero-order valence-electron chi connectivity index (χ0n) is 14.9. The molecule has 3 fully saturated rings. The molecule has 0 amide bonds. The Morgan fingerprint density at radius 1 is 1.08 bits per heavy atom. The van der Waals surface area contributed by atoms with Crippen molar-refractivity contribution in [2.75, 3.05) is 16.8 Å². The van der Waals surface area contributed by atoms with E-state index in [1.165, 1.54) is 31.2 Å². The fourth-order valence-electron chi connectivity index (χ4n) is 4.25. The van der Waals surface area contributed by atoms with E-state index >= 15 is 0 Å². The highest BCUT2D eigenvalue weighted by Crippen LogP contribution is 2.37. The Bertz CT molecular complexity index is 948. The van der Waals surface area contributed by atoms with Crippen molar-refractivity contribution in [1.29, 1.82) is 0 Å². The van der Waals surface area contributed by atoms with E-state index in [1.54, 1.807) is 6.33 Å². The topological polar surface area (TPSA) is 66.8 Å². The molecule has 3 aromatic rings. The molecule has 3 aliphatic rings. The molecule has 2 aliphatic heterocycles. The Morgan fingerprint density at radius 3 is 2.73 bits per heavy atom. The summed E-state index contributed by atoms with van der Waals surface area (Å²) in [5.74, 6) is 2.33. The van der Waals surface area contributed by atoms with Crippen molar-refractivity contribution in [3.63, 3.8) is 0 Å². The lowest BCUT2D eigenvalue weighted by Gasteiger charge is -2.45. The van der Waals surface area contributed by atoms with E-state index in [0.717, 1.165) is 40.9 Å². The number of rotatable bonds is 3. The van der Waals surface area contributed by atoms with Crippen molar-refractivity contribution in [1.82, 2.24) is 19.9 Å². The molecule has 6 nitrogen and oxygen atoms in total. The Hall–Kier alpha value is -2.76. The second-order valence-electron chi connectivity index (χ2n) is 7.45. The first-order valence-corrected chi connectivity index (χ1v) is 9.34. The van der Waals surface area contributed by atoms with Gasteiger partial charge in [-0.2, -0.15) is 0 Å². The van der Waals surface area contributed by atoms with Gasteiger partial charge in [0.25, 0.3) is 0 Å². The van der Waals surface area contributed by atoms with E-state index in [1.807, 2.05) is 18.3 Å². The normalized spacial score (nSPS) is 22.0. The number of nitrogens with one attached hydrogen (secondary N) is 1. The van der Waals surface area contributed by atoms with Crippen LogP contribution in [0.3, 0.4) is 0 Å². The number of aromatic nitrogens is 4. The smallest absolute Gasteiger partial charge is 0.226 e. The molecule has 1 saturated carbocycles. The number of hydrogen-bond acceptors (Lipinski definition) is 6. The van der Waals surface area contributed by atoms with Crippen molar-refractivity contribution in [3.05, 3.63) is 42.4 Å². The van der Waals surface area contributed by atoms with Crippen LogP contribution in [0.25, 0.3) is 11.0 Å². The van der Waals surface area contributed by atoms with Crippen LogP contribution in [-0.2, 0) is 0 Å². The maximum absolute atomic E-state index is 4.86. The van der Waals surface area contributed by atoms with Gasteiger partial charge in [0.15, 0.2) is 5.82 Å². The molecule has 26 heavy (non-hydrogen) atoms. The maximum Gasteiger partial charge on any atom is 0.226 e. The van der Waals surface area contributed by atoms with Crippen molar-refractivity contribution in [3.8, 4) is 0 Å². The standard InChI is InChI=1S/C20H22N6/c1-13-3-2-4-15(9-13)24-19-18-17(22-12-23-19)10-21-20(25-18)26-11-14-5-7-16(26)8-6-14/h2-4,9-10,12,14,16H,5-8,11H2,1H3,(H,22,23,24). The summed E-state index contributed by atoms with van der Waals surface area (Å²) < 4.78 is 0. The monoisotopic (exact) mass is 346 g/mol. The molecule has 2 saturated heterocycles. The first kappa shape index (κ1) is 15.5. The molecular formula is C20H22N6. The highest BCUT2D eigenvalue weighted by molar-refractivity contribution is 5.87. The van der Waals surface area contributed by atoms with Gasteiger partial charge in [0.05, 0.1) is 6.20 Å². The van der Waals surface area contributed by atoms with Gasteiger partial charge in [-0.1, -0.05) is 12.1 Å². The second-order valence-corrected chi connectivity index (χ2v) is 7.45. The van der Waals surface area contributed by atoms with E-state index in [4.69, 9.17) is 4.98 Å². The summed E-state index contributed by atoms with van der Waals surface area (Å²) in [5, 5.41) is 3.39. The molecule has 0 radical (unpaired) electrons. The van der Waals surface area contributed by atoms with Gasteiger partial charge < -0.3 is 10.2 Å². The number of piperidine rings is 2. The summed E-state index contributed by atoms with van der Waals surface area (Å²) in [7, 11) is 0. The third-order valence-electron chi connectivity index (χ3n) is 5.61. The number of hydrogen-bond donors (Lipinski definition) is 1. The summed E-state index contributed by atoms with van der Waals surface area (Å²) in [4.78, 5) is 20.6. The summed E-state index contributed by atoms with van der Waals surface area (Å²) in [5.41, 5.74) is 3.75. The van der Waals surface area contributed by atoms with Crippen LogP contribution in [0.5, 0.6) is 0 Å². The number of fused-ring (bicyclic) bond motifs is 4. The molecule has 1 aliphatic carbocycles. The zero-order valence-corrected chi connectivity index (χ0v) is 14.9. The van der Waals surface area contributed by atoms with Crippen molar-refractivity contribution in [2.45, 2.75) is 38.6 Å². The number of benzene rings is 1. The molecule has 1 aromatic carbocycles. The average Bonchev–Trinajstić information content (AvgIpc) is 2.69. The molecule has 1 N–H and O–H groups in total. The lowest BCUT2D eigenvalue weighted by molar-refractivity contribution is 0.249. The van der Waals surface area contributed by atoms with Gasteiger partial charge in [0.1, 0.15) is 17.4 Å². The summed E-state index contributed by atoms with van der Waals surface area (Å²) in [6, 6.07) is 8.82. The minimum atomic E-state index is 0.579. The van der Waals surface area contributed by atoms with Crippen LogP contribution in [0.1, 0.15) is 31.2 Å². The first-order chi connectivity index (χ1) is 12.8. The van der Waals surface area contributed by atoms with Gasteiger partial charge >= 0.3 is 0 Å². The first-order valence-electron chi connectivity index (χ1n) is 9.34. The Morgan fingerprint density at radius 2 is 1.96 bits per heavy atom. The van der Waals surface area contributed by atoms with Gasteiger partial charge in [-0.25, -0.2) is 19.9 Å². The van der Waals surface area contributed by atoms with E-state index < -0.39 is 0 Å². The molecular weight excluding hydrogens is 324 g/mol. The fraction of sp³-hybridized carbons (Fsp3) is 0.400. The Balaban J connectivity index is 1.53. The molecule has 0 atom stereocenters. The van der Waals surface area contributed by atoms with Crippen molar-refractivity contribution >= 4 is 28.5 Å². The van der Waals surface area contributed by atoms with E-state index in [0.29, 0.717) is 6.04 Å².